The van der Waals surface area contributed by atoms with Crippen molar-refractivity contribution in [2.45, 2.75) is 6.92 Å². The molecule has 0 atom stereocenters. The van der Waals surface area contributed by atoms with Crippen LogP contribution in [0.2, 0.25) is 0 Å². The van der Waals surface area contributed by atoms with Gasteiger partial charge >= 0.3 is 0 Å². The van der Waals surface area contributed by atoms with Crippen molar-refractivity contribution < 1.29 is 5.11 Å². The fourth-order valence-electron chi connectivity index (χ4n) is 0. The second-order valence-electron chi connectivity index (χ2n) is 0.879. The average Bonchev–Trinajstić information content (AvgIpc) is 1.69. The zero-order valence-corrected chi connectivity index (χ0v) is 4.72. The molecule has 42 valence electrons. The Bertz CT molecular complexity index is 39.4. The quantitative estimate of drug-likeness (QED) is 0.493. The van der Waals surface area contributed by atoms with Crippen LogP contribution in [0.25, 0.3) is 0 Å². The molecular weight excluding hydrogens is 88.1 g/mol. The van der Waals surface area contributed by atoms with Crippen molar-refractivity contribution in [1.29, 1.82) is 0 Å². The minimum Gasteiger partial charge on any atom is -0.392 e. The molecule has 0 aliphatic heterocycles. The van der Waals surface area contributed by atoms with Gasteiger partial charge in [-0.2, -0.15) is 0 Å². The van der Waals surface area contributed by atoms with Crippen LogP contribution in [0.1, 0.15) is 6.92 Å². The summed E-state index contributed by atoms with van der Waals surface area (Å²) in [5, 5.41) is 7.76. The number of aliphatic hydroxyl groups is 1. The summed E-state index contributed by atoms with van der Waals surface area (Å²) in [7, 11) is 0. The monoisotopic (exact) mass is 100 g/mol. The maximum absolute atomic E-state index is 7.76. The Hall–Kier alpha value is -0.560. The van der Waals surface area contributed by atoms with Crippen LogP contribution in [-0.2, 0) is 0 Å². The van der Waals surface area contributed by atoms with Crippen LogP contribution < -0.4 is 0 Å². The lowest BCUT2D eigenvalue weighted by Crippen LogP contribution is -1.62. The maximum Gasteiger partial charge on any atom is 0.0609 e. The van der Waals surface area contributed by atoms with Gasteiger partial charge < -0.3 is 5.11 Å². The summed E-state index contributed by atoms with van der Waals surface area (Å²) >= 11 is 0. The molecule has 0 bridgehead atoms. The van der Waals surface area contributed by atoms with E-state index in [0.717, 1.165) is 0 Å². The van der Waals surface area contributed by atoms with E-state index in [4.69, 9.17) is 5.11 Å². The highest BCUT2D eigenvalue weighted by molar-refractivity contribution is 4.60. The molecule has 0 unspecified atom stereocenters. The molecule has 1 N–H and O–H groups in total. The van der Waals surface area contributed by atoms with E-state index < -0.39 is 0 Å². The van der Waals surface area contributed by atoms with Crippen LogP contribution in [0.3, 0.4) is 0 Å². The molecule has 0 saturated carbocycles. The minimum absolute atomic E-state index is 0.0833. The Labute approximate surface area is 45.0 Å². The summed E-state index contributed by atoms with van der Waals surface area (Å²) in [6.07, 6.45) is 3.18. The molecular formula is C6H12O. The standard InChI is InChI=1S/C3H6O.C3H6/c1-2-3-4;1-3-2/h2,4H,1,3H2;3H,1H2,2H3. The number of hydrogen-bond acceptors (Lipinski definition) is 1. The first-order valence-electron chi connectivity index (χ1n) is 2.12. The normalized spacial score (nSPS) is 5.43. The van der Waals surface area contributed by atoms with Gasteiger partial charge in [0.25, 0.3) is 0 Å². The highest BCUT2D eigenvalue weighted by Crippen LogP contribution is 1.46. The Morgan fingerprint density at radius 3 is 1.71 bits per heavy atom. The van der Waals surface area contributed by atoms with E-state index in [1.807, 2.05) is 6.92 Å². The van der Waals surface area contributed by atoms with Gasteiger partial charge in [-0.1, -0.05) is 12.2 Å². The van der Waals surface area contributed by atoms with Gasteiger partial charge in [0.15, 0.2) is 0 Å². The molecule has 1 nitrogen and oxygen atoms in total. The van der Waals surface area contributed by atoms with Gasteiger partial charge in [0, 0.05) is 0 Å². The molecule has 0 rings (SSSR count). The number of allylic oxidation sites excluding steroid dienone is 1. The summed E-state index contributed by atoms with van der Waals surface area (Å²) in [5.41, 5.74) is 0. The third kappa shape index (κ3) is 333. The first-order valence-corrected chi connectivity index (χ1v) is 2.12. The molecule has 0 aromatic rings. The Morgan fingerprint density at radius 2 is 1.71 bits per heavy atom. The molecule has 0 saturated heterocycles. The molecule has 0 heterocycles. The SMILES string of the molecule is C=CC.C=CCO. The first kappa shape index (κ1) is 9.67. The van der Waals surface area contributed by atoms with Crippen molar-refractivity contribution in [3.8, 4) is 0 Å². The van der Waals surface area contributed by atoms with E-state index >= 15 is 0 Å². The second-order valence-corrected chi connectivity index (χ2v) is 0.879. The second kappa shape index (κ2) is 18.0. The summed E-state index contributed by atoms with van der Waals surface area (Å²) < 4.78 is 0. The fourth-order valence-corrected chi connectivity index (χ4v) is 0. The average molecular weight is 100 g/mol. The Morgan fingerprint density at radius 1 is 1.57 bits per heavy atom. The smallest absolute Gasteiger partial charge is 0.0609 e. The molecule has 0 aliphatic rings. The van der Waals surface area contributed by atoms with E-state index in [2.05, 4.69) is 13.2 Å². The summed E-state index contributed by atoms with van der Waals surface area (Å²) in [6.45, 7) is 8.56. The van der Waals surface area contributed by atoms with Gasteiger partial charge in [-0.05, 0) is 6.92 Å². The maximum atomic E-state index is 7.76. The van der Waals surface area contributed by atoms with Crippen LogP contribution in [0.4, 0.5) is 0 Å². The van der Waals surface area contributed by atoms with E-state index in [1.54, 1.807) is 6.08 Å². The molecule has 0 spiro atoms. The molecule has 1 heteroatoms. The zero-order valence-electron chi connectivity index (χ0n) is 4.72. The van der Waals surface area contributed by atoms with Crippen LogP contribution in [-0.4, -0.2) is 11.7 Å². The lowest BCUT2D eigenvalue weighted by molar-refractivity contribution is 0.343. The third-order valence-electron chi connectivity index (χ3n) is 0.129. The van der Waals surface area contributed by atoms with E-state index in [1.165, 1.54) is 6.08 Å². The van der Waals surface area contributed by atoms with E-state index in [-0.39, 0.29) is 6.61 Å². The number of aliphatic hydroxyl groups excluding tert-OH is 1. The molecule has 0 fully saturated rings. The van der Waals surface area contributed by atoms with Crippen molar-refractivity contribution in [2.75, 3.05) is 6.61 Å². The first-order chi connectivity index (χ1) is 3.33. The number of rotatable bonds is 1. The fraction of sp³-hybridized carbons (Fsp3) is 0.333. The highest BCUT2D eigenvalue weighted by Gasteiger charge is 1.45. The van der Waals surface area contributed by atoms with Crippen molar-refractivity contribution in [2.24, 2.45) is 0 Å². The predicted octanol–water partition coefficient (Wildman–Crippen LogP) is 1.36. The van der Waals surface area contributed by atoms with Crippen LogP contribution in [0.15, 0.2) is 25.3 Å². The minimum atomic E-state index is 0.0833. The zero-order chi connectivity index (χ0) is 6.12. The van der Waals surface area contributed by atoms with Crippen molar-refractivity contribution >= 4 is 0 Å². The van der Waals surface area contributed by atoms with Gasteiger partial charge in [0.2, 0.25) is 0 Å². The van der Waals surface area contributed by atoms with E-state index in [0.29, 0.717) is 0 Å². The Balaban J connectivity index is 0. The highest BCUT2D eigenvalue weighted by atomic mass is 16.2. The van der Waals surface area contributed by atoms with Crippen LogP contribution in [0.5, 0.6) is 0 Å². The van der Waals surface area contributed by atoms with Crippen LogP contribution >= 0.6 is 0 Å². The van der Waals surface area contributed by atoms with E-state index in [9.17, 15) is 0 Å². The summed E-state index contributed by atoms with van der Waals surface area (Å²) in [5.74, 6) is 0. The molecule has 0 aromatic carbocycles. The molecule has 0 aromatic heterocycles. The van der Waals surface area contributed by atoms with Gasteiger partial charge in [-0.15, -0.1) is 13.2 Å². The summed E-state index contributed by atoms with van der Waals surface area (Å²) in [6, 6.07) is 0. The lowest BCUT2D eigenvalue weighted by Gasteiger charge is -1.60. The van der Waals surface area contributed by atoms with Gasteiger partial charge in [-0.3, -0.25) is 0 Å². The Kier molecular flexibility index (Phi) is 24.9. The van der Waals surface area contributed by atoms with Gasteiger partial charge in [0.1, 0.15) is 0 Å². The van der Waals surface area contributed by atoms with Crippen molar-refractivity contribution in [3.63, 3.8) is 0 Å². The molecule has 7 heavy (non-hydrogen) atoms. The largest absolute Gasteiger partial charge is 0.392 e. The van der Waals surface area contributed by atoms with Gasteiger partial charge in [-0.25, -0.2) is 0 Å². The van der Waals surface area contributed by atoms with Crippen molar-refractivity contribution in [1.82, 2.24) is 0 Å². The lowest BCUT2D eigenvalue weighted by atomic mass is 10.7. The molecule has 0 radical (unpaired) electrons. The number of hydrogen-bond donors (Lipinski definition) is 1. The topological polar surface area (TPSA) is 20.2 Å². The van der Waals surface area contributed by atoms with Crippen molar-refractivity contribution in [3.05, 3.63) is 25.3 Å². The third-order valence-corrected chi connectivity index (χ3v) is 0.129. The summed E-state index contributed by atoms with van der Waals surface area (Å²) in [4.78, 5) is 0. The predicted molar refractivity (Wildman–Crippen MR) is 33.2 cm³/mol. The van der Waals surface area contributed by atoms with Crippen LogP contribution in [0, 0.1) is 0 Å². The van der Waals surface area contributed by atoms with Gasteiger partial charge in [0.05, 0.1) is 6.61 Å². The molecule has 0 aliphatic carbocycles. The molecule has 0 amide bonds.